The summed E-state index contributed by atoms with van der Waals surface area (Å²) in [6, 6.07) is 5.30. The maximum absolute atomic E-state index is 14.1. The number of fused-ring (bicyclic) bond motifs is 6. The zero-order valence-corrected chi connectivity index (χ0v) is 30.9. The van der Waals surface area contributed by atoms with E-state index in [0.29, 0.717) is 22.3 Å². The van der Waals surface area contributed by atoms with Gasteiger partial charge >= 0.3 is 11.9 Å². The lowest BCUT2D eigenvalue weighted by Crippen LogP contribution is -2.72. The van der Waals surface area contributed by atoms with E-state index < -0.39 is 47.9 Å². The Bertz CT molecular complexity index is 2010. The van der Waals surface area contributed by atoms with E-state index in [1.165, 1.54) is 14.2 Å². The van der Waals surface area contributed by atoms with Gasteiger partial charge in [0.15, 0.2) is 23.0 Å². The number of rotatable bonds is 7. The Morgan fingerprint density at radius 3 is 2.35 bits per heavy atom. The number of likely N-dealkylation sites (N-methyl/N-ethyl adjacent to an activating group) is 1. The summed E-state index contributed by atoms with van der Waals surface area (Å²) in [7, 11) is 4.55. The topological polar surface area (TPSA) is 156 Å². The van der Waals surface area contributed by atoms with Crippen molar-refractivity contribution in [2.24, 2.45) is 0 Å². The molecule has 51 heavy (non-hydrogen) atoms. The van der Waals surface area contributed by atoms with Crippen LogP contribution in [0, 0.1) is 18.3 Å². The third kappa shape index (κ3) is 5.66. The van der Waals surface area contributed by atoms with Crippen LogP contribution in [0.1, 0.15) is 60.3 Å². The Balaban J connectivity index is 1.59. The highest BCUT2D eigenvalue weighted by Gasteiger charge is 2.59. The third-order valence-corrected chi connectivity index (χ3v) is 11.2. The number of aromatic hydroxyl groups is 1. The van der Waals surface area contributed by atoms with E-state index in [-0.39, 0.29) is 70.5 Å². The molecule has 266 valence electrons. The van der Waals surface area contributed by atoms with Crippen LogP contribution in [0.2, 0.25) is 0 Å². The summed E-state index contributed by atoms with van der Waals surface area (Å²) in [6.07, 6.45) is 1.82. The van der Waals surface area contributed by atoms with Crippen molar-refractivity contribution in [3.05, 3.63) is 85.1 Å². The maximum atomic E-state index is 14.1. The van der Waals surface area contributed by atoms with Crippen LogP contribution in [0.25, 0.3) is 0 Å². The molecular weight excluding hydrogens is 722 g/mol. The Morgan fingerprint density at radius 2 is 1.75 bits per heavy atom. The summed E-state index contributed by atoms with van der Waals surface area (Å²) >= 11 is 3.38. The van der Waals surface area contributed by atoms with Crippen LogP contribution in [0.3, 0.4) is 0 Å². The molecule has 0 unspecified atom stereocenters. The molecule has 3 heterocycles. The third-order valence-electron chi connectivity index (χ3n) is 10.6. The average molecular weight is 761 g/mol. The van der Waals surface area contributed by atoms with Crippen molar-refractivity contribution in [1.82, 2.24) is 9.80 Å². The number of Topliss-reactive ketones (excluding diaryl/α,β-unsaturated/α-hetero) is 2. The lowest BCUT2D eigenvalue weighted by Gasteiger charge is -2.60. The second-order valence-electron chi connectivity index (χ2n) is 13.1. The summed E-state index contributed by atoms with van der Waals surface area (Å²) in [5.74, 6) is -2.07. The van der Waals surface area contributed by atoms with Crippen LogP contribution in [-0.2, 0) is 30.3 Å². The fourth-order valence-corrected chi connectivity index (χ4v) is 8.33. The van der Waals surface area contributed by atoms with E-state index >= 15 is 0 Å². The number of ether oxygens (including phenoxy) is 4. The molecule has 6 rings (SSSR count). The number of esters is 2. The second kappa shape index (κ2) is 13.7. The Hall–Kier alpha value is -4.77. The molecule has 1 aliphatic carbocycles. The van der Waals surface area contributed by atoms with Crippen molar-refractivity contribution < 1.29 is 43.2 Å². The number of ketones is 2. The monoisotopic (exact) mass is 759 g/mol. The first-order valence-electron chi connectivity index (χ1n) is 16.5. The van der Waals surface area contributed by atoms with Gasteiger partial charge in [-0.15, -0.1) is 0 Å². The van der Waals surface area contributed by atoms with Crippen molar-refractivity contribution >= 4 is 39.4 Å². The number of methoxy groups -OCH3 is 2. The Labute approximate surface area is 304 Å². The van der Waals surface area contributed by atoms with Crippen LogP contribution >= 0.6 is 15.9 Å². The summed E-state index contributed by atoms with van der Waals surface area (Å²) in [5, 5.41) is 22.7. The van der Waals surface area contributed by atoms with E-state index in [1.807, 2.05) is 16.8 Å². The second-order valence-corrected chi connectivity index (χ2v) is 14.0. The SMILES string of the molecule is C/C=C(/C)C(=O)OC[C@H]1c2c(O)c(OC)c(C)c(OC(=O)c3ccc(Br)cc3)c2C[C@H]2[C@H]3C4=C(C[C@H]([C@H](C#N)N12)N3C)C(=O)C(C)=C(OC)C4=O. The van der Waals surface area contributed by atoms with Gasteiger partial charge in [-0.25, -0.2) is 9.59 Å². The minimum absolute atomic E-state index is 0.0367. The van der Waals surface area contributed by atoms with E-state index in [2.05, 4.69) is 22.0 Å². The van der Waals surface area contributed by atoms with Gasteiger partial charge in [-0.05, 0) is 71.8 Å². The van der Waals surface area contributed by atoms with Gasteiger partial charge in [-0.1, -0.05) is 22.0 Å². The molecule has 2 aromatic carbocycles. The van der Waals surface area contributed by atoms with Gasteiger partial charge in [0.05, 0.1) is 37.9 Å². The first-order chi connectivity index (χ1) is 24.3. The van der Waals surface area contributed by atoms with E-state index in [4.69, 9.17) is 18.9 Å². The Morgan fingerprint density at radius 1 is 1.06 bits per heavy atom. The molecule has 0 amide bonds. The summed E-state index contributed by atoms with van der Waals surface area (Å²) in [4.78, 5) is 58.4. The molecule has 1 saturated heterocycles. The fourth-order valence-electron chi connectivity index (χ4n) is 8.06. The van der Waals surface area contributed by atoms with Crippen LogP contribution in [-0.4, -0.2) is 90.5 Å². The van der Waals surface area contributed by atoms with Crippen LogP contribution in [0.4, 0.5) is 0 Å². The molecule has 1 N–H and O–H groups in total. The zero-order chi connectivity index (χ0) is 37.0. The zero-order valence-electron chi connectivity index (χ0n) is 29.3. The number of phenolic OH excluding ortho intramolecular Hbond substituents is 1. The highest BCUT2D eigenvalue weighted by molar-refractivity contribution is 9.10. The van der Waals surface area contributed by atoms with Gasteiger partial charge in [-0.2, -0.15) is 5.26 Å². The van der Waals surface area contributed by atoms with Gasteiger partial charge < -0.3 is 24.1 Å². The van der Waals surface area contributed by atoms with Crippen LogP contribution < -0.4 is 9.47 Å². The van der Waals surface area contributed by atoms with E-state index in [0.717, 1.165) is 4.47 Å². The molecule has 3 aliphatic heterocycles. The molecule has 4 aliphatic rings. The molecule has 0 aromatic heterocycles. The number of phenols is 1. The van der Waals surface area contributed by atoms with E-state index in [9.17, 15) is 29.5 Å². The number of halogens is 1. The number of nitrogens with zero attached hydrogens (tertiary/aromatic N) is 3. The minimum Gasteiger partial charge on any atom is -0.504 e. The quantitative estimate of drug-likeness (QED) is 0.178. The first-order valence-corrected chi connectivity index (χ1v) is 17.3. The molecule has 5 atom stereocenters. The van der Waals surface area contributed by atoms with Gasteiger partial charge in [0.25, 0.3) is 0 Å². The van der Waals surface area contributed by atoms with Gasteiger partial charge in [-0.3, -0.25) is 19.4 Å². The first kappa shape index (κ1) is 36.0. The molecule has 0 spiro atoms. The van der Waals surface area contributed by atoms with Gasteiger partial charge in [0, 0.05) is 55.5 Å². The largest absolute Gasteiger partial charge is 0.504 e. The minimum atomic E-state index is -0.953. The number of carbonyl (C=O) groups is 4. The molecule has 0 saturated carbocycles. The Kier molecular flexibility index (Phi) is 9.71. The van der Waals surface area contributed by atoms with Gasteiger partial charge in [0.1, 0.15) is 18.4 Å². The maximum Gasteiger partial charge on any atom is 0.343 e. The van der Waals surface area contributed by atoms with Crippen molar-refractivity contribution in [3.8, 4) is 23.3 Å². The summed E-state index contributed by atoms with van der Waals surface area (Å²) in [5.41, 5.74) is 2.51. The van der Waals surface area contributed by atoms with Crippen LogP contribution in [0.5, 0.6) is 17.2 Å². The smallest absolute Gasteiger partial charge is 0.343 e. The summed E-state index contributed by atoms with van der Waals surface area (Å²) < 4.78 is 23.9. The highest BCUT2D eigenvalue weighted by atomic mass is 79.9. The van der Waals surface area contributed by atoms with Crippen LogP contribution in [0.15, 0.2) is 62.9 Å². The number of hydrogen-bond acceptors (Lipinski definition) is 12. The fraction of sp³-hybridized carbons (Fsp3) is 0.395. The van der Waals surface area contributed by atoms with Gasteiger partial charge in [0.2, 0.25) is 5.78 Å². The average Bonchev–Trinajstić information content (AvgIpc) is 3.11. The molecule has 2 bridgehead atoms. The number of piperazine rings is 1. The van der Waals surface area contributed by atoms with Crippen molar-refractivity contribution in [2.45, 2.75) is 70.7 Å². The normalized spacial score (nSPS) is 24.7. The molecular formula is C38H38BrN3O9. The lowest BCUT2D eigenvalue weighted by molar-refractivity contribution is -0.144. The number of carbonyl (C=O) groups excluding carboxylic acids is 4. The summed E-state index contributed by atoms with van der Waals surface area (Å²) in [6.45, 7) is 6.24. The molecule has 12 nitrogen and oxygen atoms in total. The predicted molar refractivity (Wildman–Crippen MR) is 187 cm³/mol. The molecule has 2 aromatic rings. The molecule has 1 fully saturated rings. The number of nitriles is 1. The molecule has 13 heteroatoms. The van der Waals surface area contributed by atoms with Crippen molar-refractivity contribution in [3.63, 3.8) is 0 Å². The number of benzene rings is 2. The van der Waals surface area contributed by atoms with E-state index in [1.54, 1.807) is 58.0 Å². The highest BCUT2D eigenvalue weighted by Crippen LogP contribution is 2.55. The lowest BCUT2D eigenvalue weighted by atomic mass is 9.69. The number of hydrogen-bond donors (Lipinski definition) is 1. The standard InChI is InChI=1S/C38H38BrN3O9/c1-8-17(2)37(46)50-16-27-28-23(34(19(4)36(49-7)32(28)44)51-38(47)20-9-11-21(39)12-10-20)14-25-30-29-22(31(43)18(3)35(48-6)33(29)45)13-24(41(30)5)26(15-40)42(25)27/h8-12,24-27,30,44H,13-14,16H2,1-7H3/b17-8-/t24-,25+,26+,27+,30+/m1/s1. The number of allylic oxidation sites excluding steroid dienone is 3. The molecule has 0 radical (unpaired) electrons. The predicted octanol–water partition coefficient (Wildman–Crippen LogP) is 4.82. The van der Waals surface area contributed by atoms with Crippen molar-refractivity contribution in [2.75, 3.05) is 27.9 Å². The van der Waals surface area contributed by atoms with Crippen molar-refractivity contribution in [1.29, 1.82) is 5.26 Å².